The van der Waals surface area contributed by atoms with E-state index in [9.17, 15) is 4.39 Å². The predicted octanol–water partition coefficient (Wildman–Crippen LogP) is 2.15. The highest BCUT2D eigenvalue weighted by Gasteiger charge is 2.07. The summed E-state index contributed by atoms with van der Waals surface area (Å²) in [5.74, 6) is -0.0509. The molecule has 72 valence electrons. The van der Waals surface area contributed by atoms with Gasteiger partial charge in [0.05, 0.1) is 11.6 Å². The molecular formula is C11H6FN3. The summed E-state index contributed by atoms with van der Waals surface area (Å²) < 4.78 is 13.0. The summed E-state index contributed by atoms with van der Waals surface area (Å²) in [6.45, 7) is 0. The van der Waals surface area contributed by atoms with Crippen molar-refractivity contribution in [2.24, 2.45) is 0 Å². The van der Waals surface area contributed by atoms with Crippen molar-refractivity contribution in [1.82, 2.24) is 9.97 Å². The maximum absolute atomic E-state index is 13.0. The van der Waals surface area contributed by atoms with Gasteiger partial charge < -0.3 is 0 Å². The Balaban J connectivity index is 2.62. The van der Waals surface area contributed by atoms with Gasteiger partial charge in [-0.3, -0.25) is 0 Å². The number of benzene rings is 1. The van der Waals surface area contributed by atoms with Crippen LogP contribution in [0, 0.1) is 17.1 Å². The molecule has 2 aromatic rings. The van der Waals surface area contributed by atoms with Crippen LogP contribution in [-0.2, 0) is 0 Å². The van der Waals surface area contributed by atoms with Crippen molar-refractivity contribution in [3.63, 3.8) is 0 Å². The molecule has 15 heavy (non-hydrogen) atoms. The summed E-state index contributed by atoms with van der Waals surface area (Å²) in [5.41, 5.74) is 0.778. The largest absolute Gasteiger partial charge is 0.237 e. The summed E-state index contributed by atoms with van der Waals surface area (Å²) in [7, 11) is 0. The Bertz CT molecular complexity index is 517. The fourth-order valence-corrected chi connectivity index (χ4v) is 1.24. The van der Waals surface area contributed by atoms with Gasteiger partial charge in [-0.25, -0.2) is 14.4 Å². The van der Waals surface area contributed by atoms with Gasteiger partial charge in [0, 0.05) is 18.0 Å². The second-order valence-electron chi connectivity index (χ2n) is 2.87. The van der Waals surface area contributed by atoms with Crippen LogP contribution in [0.1, 0.15) is 5.56 Å². The average Bonchev–Trinajstić information content (AvgIpc) is 2.30. The van der Waals surface area contributed by atoms with Crippen LogP contribution in [0.15, 0.2) is 36.7 Å². The van der Waals surface area contributed by atoms with E-state index in [4.69, 9.17) is 5.26 Å². The Labute approximate surface area is 85.9 Å². The third-order valence-electron chi connectivity index (χ3n) is 1.91. The molecule has 3 nitrogen and oxygen atoms in total. The number of hydrogen-bond acceptors (Lipinski definition) is 3. The fourth-order valence-electron chi connectivity index (χ4n) is 1.24. The topological polar surface area (TPSA) is 49.6 Å². The first-order valence-electron chi connectivity index (χ1n) is 4.28. The van der Waals surface area contributed by atoms with E-state index in [0.29, 0.717) is 17.0 Å². The number of hydrogen-bond donors (Lipinski definition) is 0. The van der Waals surface area contributed by atoms with Gasteiger partial charge in [-0.05, 0) is 24.3 Å². The van der Waals surface area contributed by atoms with Gasteiger partial charge in [0.15, 0.2) is 5.82 Å². The van der Waals surface area contributed by atoms with Crippen LogP contribution >= 0.6 is 0 Å². The van der Waals surface area contributed by atoms with Gasteiger partial charge in [0.25, 0.3) is 0 Å². The second-order valence-corrected chi connectivity index (χ2v) is 2.87. The van der Waals surface area contributed by atoms with Gasteiger partial charge in [0.2, 0.25) is 0 Å². The second kappa shape index (κ2) is 3.84. The zero-order chi connectivity index (χ0) is 10.7. The maximum Gasteiger partial charge on any atom is 0.160 e. The zero-order valence-corrected chi connectivity index (χ0v) is 7.68. The highest BCUT2D eigenvalue weighted by atomic mass is 19.1. The lowest BCUT2D eigenvalue weighted by Gasteiger charge is -2.01. The summed E-state index contributed by atoms with van der Waals surface area (Å²) in [4.78, 5) is 7.94. The highest BCUT2D eigenvalue weighted by Crippen LogP contribution is 2.19. The lowest BCUT2D eigenvalue weighted by molar-refractivity contribution is 0.628. The van der Waals surface area contributed by atoms with Crippen molar-refractivity contribution in [2.75, 3.05) is 0 Å². The van der Waals surface area contributed by atoms with Crippen LogP contribution in [0.3, 0.4) is 0 Å². The summed E-state index contributed by atoms with van der Waals surface area (Å²) in [6.07, 6.45) is 3.10. The average molecular weight is 199 g/mol. The highest BCUT2D eigenvalue weighted by molar-refractivity contribution is 5.64. The Hall–Kier alpha value is -2.28. The lowest BCUT2D eigenvalue weighted by atomic mass is 10.1. The Kier molecular flexibility index (Phi) is 2.38. The van der Waals surface area contributed by atoms with E-state index in [0.717, 1.165) is 0 Å². The normalized spacial score (nSPS) is 9.60. The van der Waals surface area contributed by atoms with Crippen molar-refractivity contribution in [1.29, 1.82) is 5.26 Å². The molecule has 1 aromatic heterocycles. The Morgan fingerprint density at radius 1 is 1.20 bits per heavy atom. The molecule has 1 aromatic carbocycles. The van der Waals surface area contributed by atoms with Crippen LogP contribution in [0.2, 0.25) is 0 Å². The molecule has 0 aliphatic heterocycles. The maximum atomic E-state index is 13.0. The standard InChI is InChI=1S/C11H6FN3/c12-9-3-2-8(7-13)10(6-9)11-14-4-1-5-15-11/h1-6H. The molecule has 0 saturated heterocycles. The fraction of sp³-hybridized carbons (Fsp3) is 0. The van der Waals surface area contributed by atoms with E-state index in [1.165, 1.54) is 18.2 Å². The van der Waals surface area contributed by atoms with Crippen LogP contribution in [-0.4, -0.2) is 9.97 Å². The van der Waals surface area contributed by atoms with Gasteiger partial charge in [-0.2, -0.15) is 5.26 Å². The number of aromatic nitrogens is 2. The SMILES string of the molecule is N#Cc1ccc(F)cc1-c1ncccn1. The first kappa shape index (κ1) is 9.28. The van der Waals surface area contributed by atoms with E-state index in [1.54, 1.807) is 18.5 Å². The van der Waals surface area contributed by atoms with E-state index in [2.05, 4.69) is 9.97 Å². The molecule has 0 N–H and O–H groups in total. The molecule has 4 heteroatoms. The molecule has 0 amide bonds. The van der Waals surface area contributed by atoms with Crippen molar-refractivity contribution in [2.45, 2.75) is 0 Å². The molecule has 0 saturated carbocycles. The predicted molar refractivity (Wildman–Crippen MR) is 52.1 cm³/mol. The van der Waals surface area contributed by atoms with Crippen LogP contribution in [0.4, 0.5) is 4.39 Å². The monoisotopic (exact) mass is 199 g/mol. The van der Waals surface area contributed by atoms with Gasteiger partial charge in [0.1, 0.15) is 5.82 Å². The third-order valence-corrected chi connectivity index (χ3v) is 1.91. The number of rotatable bonds is 1. The summed E-state index contributed by atoms with van der Waals surface area (Å²) in [6, 6.07) is 7.55. The lowest BCUT2D eigenvalue weighted by Crippen LogP contribution is -1.91. The molecule has 0 atom stereocenters. The van der Waals surface area contributed by atoms with Crippen molar-refractivity contribution in [3.8, 4) is 17.5 Å². The Morgan fingerprint density at radius 2 is 1.93 bits per heavy atom. The zero-order valence-electron chi connectivity index (χ0n) is 7.68. The van der Waals surface area contributed by atoms with Crippen molar-refractivity contribution >= 4 is 0 Å². The number of nitriles is 1. The summed E-state index contributed by atoms with van der Waals surface area (Å²) >= 11 is 0. The summed E-state index contributed by atoms with van der Waals surface area (Å²) in [5, 5.41) is 8.84. The van der Waals surface area contributed by atoms with Gasteiger partial charge in [-0.1, -0.05) is 0 Å². The van der Waals surface area contributed by atoms with Crippen LogP contribution < -0.4 is 0 Å². The molecule has 0 bridgehead atoms. The molecule has 0 fully saturated rings. The minimum absolute atomic E-state index is 0.355. The quantitative estimate of drug-likeness (QED) is 0.707. The van der Waals surface area contributed by atoms with E-state index in [1.807, 2.05) is 6.07 Å². The van der Waals surface area contributed by atoms with Crippen LogP contribution in [0.5, 0.6) is 0 Å². The number of nitrogens with zero attached hydrogens (tertiary/aromatic N) is 3. The minimum Gasteiger partial charge on any atom is -0.237 e. The molecule has 1 heterocycles. The first-order chi connectivity index (χ1) is 7.31. The number of halogens is 1. The van der Waals surface area contributed by atoms with Crippen LogP contribution in [0.25, 0.3) is 11.4 Å². The van der Waals surface area contributed by atoms with E-state index >= 15 is 0 Å². The van der Waals surface area contributed by atoms with E-state index in [-0.39, 0.29) is 0 Å². The molecule has 0 spiro atoms. The van der Waals surface area contributed by atoms with Crippen molar-refractivity contribution in [3.05, 3.63) is 48.0 Å². The minimum atomic E-state index is -0.406. The van der Waals surface area contributed by atoms with Gasteiger partial charge in [-0.15, -0.1) is 0 Å². The first-order valence-corrected chi connectivity index (χ1v) is 4.28. The Morgan fingerprint density at radius 3 is 2.60 bits per heavy atom. The van der Waals surface area contributed by atoms with E-state index < -0.39 is 5.82 Å². The van der Waals surface area contributed by atoms with Crippen molar-refractivity contribution < 1.29 is 4.39 Å². The molecule has 0 aliphatic carbocycles. The molecule has 2 rings (SSSR count). The molecule has 0 radical (unpaired) electrons. The van der Waals surface area contributed by atoms with Gasteiger partial charge >= 0.3 is 0 Å². The molecule has 0 aliphatic rings. The molecular weight excluding hydrogens is 193 g/mol. The molecule has 0 unspecified atom stereocenters. The third kappa shape index (κ3) is 1.81. The smallest absolute Gasteiger partial charge is 0.160 e.